The summed E-state index contributed by atoms with van der Waals surface area (Å²) in [6.07, 6.45) is 4.92. The fraction of sp³-hybridized carbons (Fsp3) is 0.636. The van der Waals surface area contributed by atoms with Crippen LogP contribution in [0.25, 0.3) is 0 Å². The number of amides is 1. The van der Waals surface area contributed by atoms with Gasteiger partial charge in [-0.3, -0.25) is 4.79 Å². The second-order valence-corrected chi connectivity index (χ2v) is 8.39. The monoisotopic (exact) mass is 370 g/mol. The number of hydrogen-bond donors (Lipinski definition) is 2. The minimum Gasteiger partial charge on any atom is -0.322 e. The van der Waals surface area contributed by atoms with Crippen LogP contribution < -0.4 is 9.80 Å². The van der Waals surface area contributed by atoms with Gasteiger partial charge in [0, 0.05) is 12.6 Å². The van der Waals surface area contributed by atoms with Gasteiger partial charge in [0.2, 0.25) is 0 Å². The fourth-order valence-corrected chi connectivity index (χ4v) is 4.75. The summed E-state index contributed by atoms with van der Waals surface area (Å²) in [6.45, 7) is 7.33. The summed E-state index contributed by atoms with van der Waals surface area (Å²) in [5.41, 5.74) is 0.803. The molecule has 1 saturated carbocycles. The molecule has 2 aliphatic rings. The Hall–Kier alpha value is -1.90. The van der Waals surface area contributed by atoms with Crippen molar-refractivity contribution in [2.75, 3.05) is 33.2 Å². The summed E-state index contributed by atoms with van der Waals surface area (Å²) in [4.78, 5) is 17.9. The Kier molecular flexibility index (Phi) is 6.51. The van der Waals surface area contributed by atoms with E-state index in [0.29, 0.717) is 0 Å². The highest BCUT2D eigenvalue weighted by atomic mass is 16.2. The molecule has 1 aromatic rings. The van der Waals surface area contributed by atoms with E-state index in [2.05, 4.69) is 36.4 Å². The molecule has 3 rings (SSSR count). The zero-order valence-corrected chi connectivity index (χ0v) is 16.8. The van der Waals surface area contributed by atoms with Gasteiger partial charge >= 0.3 is 0 Å². The highest BCUT2D eigenvalue weighted by Crippen LogP contribution is 2.32. The van der Waals surface area contributed by atoms with Crippen molar-refractivity contribution in [2.45, 2.75) is 57.2 Å². The van der Waals surface area contributed by atoms with Gasteiger partial charge < -0.3 is 14.7 Å². The van der Waals surface area contributed by atoms with Crippen molar-refractivity contribution in [3.63, 3.8) is 0 Å². The predicted molar refractivity (Wildman–Crippen MR) is 105 cm³/mol. The maximum absolute atomic E-state index is 13.1. The van der Waals surface area contributed by atoms with Crippen LogP contribution in [-0.2, 0) is 11.3 Å². The summed E-state index contributed by atoms with van der Waals surface area (Å²) in [5.74, 6) is 0.139. The van der Waals surface area contributed by atoms with Crippen molar-refractivity contribution in [1.82, 2.24) is 4.90 Å². The lowest BCUT2D eigenvalue weighted by molar-refractivity contribution is -1.02. The van der Waals surface area contributed by atoms with Gasteiger partial charge in [-0.15, -0.1) is 0 Å². The smallest absolute Gasteiger partial charge is 0.281 e. The second kappa shape index (κ2) is 8.86. The second-order valence-electron chi connectivity index (χ2n) is 8.39. The van der Waals surface area contributed by atoms with Crippen molar-refractivity contribution >= 4 is 5.91 Å². The maximum Gasteiger partial charge on any atom is 0.281 e. The number of nitrogens with zero attached hydrogens (tertiary/aromatic N) is 2. The number of nitrogens with one attached hydrogen (secondary N) is 2. The first-order valence-electron chi connectivity index (χ1n) is 10.5. The third-order valence-corrected chi connectivity index (χ3v) is 6.74. The fourth-order valence-electron chi connectivity index (χ4n) is 4.75. The van der Waals surface area contributed by atoms with E-state index in [4.69, 9.17) is 0 Å². The van der Waals surface area contributed by atoms with Crippen LogP contribution in [0, 0.1) is 11.3 Å². The molecule has 2 fully saturated rings. The molecule has 1 aromatic carbocycles. The number of benzene rings is 1. The molecule has 1 amide bonds. The topological polar surface area (TPSA) is 53.0 Å². The molecule has 0 spiro atoms. The minimum absolute atomic E-state index is 0.0690. The SMILES string of the molecule is C[C@@H](C(=O)N(C)C1(C#N)CCCCC1)[NH+]1CC[NH+](Cc2ccccc2)CC1. The van der Waals surface area contributed by atoms with Crippen LogP contribution in [0.4, 0.5) is 0 Å². The summed E-state index contributed by atoms with van der Waals surface area (Å²) >= 11 is 0. The lowest BCUT2D eigenvalue weighted by Crippen LogP contribution is -3.29. The van der Waals surface area contributed by atoms with Crippen molar-refractivity contribution in [3.8, 4) is 6.07 Å². The van der Waals surface area contributed by atoms with Crippen molar-refractivity contribution in [2.24, 2.45) is 0 Å². The Balaban J connectivity index is 1.54. The van der Waals surface area contributed by atoms with E-state index >= 15 is 0 Å². The van der Waals surface area contributed by atoms with Crippen LogP contribution >= 0.6 is 0 Å². The number of hydrogen-bond acceptors (Lipinski definition) is 2. The quantitative estimate of drug-likeness (QED) is 0.769. The van der Waals surface area contributed by atoms with Crippen LogP contribution in [-0.4, -0.2) is 55.6 Å². The van der Waals surface area contributed by atoms with Crippen molar-refractivity contribution < 1.29 is 14.6 Å². The van der Waals surface area contributed by atoms with E-state index in [-0.39, 0.29) is 11.9 Å². The number of nitriles is 1. The molecule has 5 heteroatoms. The van der Waals surface area contributed by atoms with Crippen LogP contribution in [0.1, 0.15) is 44.6 Å². The molecular weight excluding hydrogens is 336 g/mol. The van der Waals surface area contributed by atoms with Crippen LogP contribution in [0.15, 0.2) is 30.3 Å². The first-order valence-corrected chi connectivity index (χ1v) is 10.5. The summed E-state index contributed by atoms with van der Waals surface area (Å²) in [7, 11) is 1.85. The maximum atomic E-state index is 13.1. The number of rotatable bonds is 5. The van der Waals surface area contributed by atoms with Gasteiger partial charge in [-0.1, -0.05) is 49.6 Å². The van der Waals surface area contributed by atoms with Gasteiger partial charge in [0.05, 0.1) is 6.07 Å². The molecular formula is C22H34N4O+2. The summed E-state index contributed by atoms with van der Waals surface area (Å²) in [6, 6.07) is 13.1. The number of quaternary nitrogens is 2. The number of carbonyl (C=O) groups excluding carboxylic acids is 1. The standard InChI is InChI=1S/C22H32N4O/c1-19(21(27)24(2)22(18-23)11-7-4-8-12-22)26-15-13-25(14-16-26)17-20-9-5-3-6-10-20/h3,5-6,9-10,19H,4,7-8,11-17H2,1-2H3/p+2/t19-/m0/s1. The third kappa shape index (κ3) is 4.51. The Bertz CT molecular complexity index is 655. The molecule has 2 N–H and O–H groups in total. The molecule has 1 atom stereocenters. The zero-order valence-electron chi connectivity index (χ0n) is 16.8. The third-order valence-electron chi connectivity index (χ3n) is 6.74. The zero-order chi connectivity index (χ0) is 19.3. The molecule has 0 aromatic heterocycles. The Labute approximate surface area is 163 Å². The van der Waals surface area contributed by atoms with E-state index < -0.39 is 5.54 Å². The largest absolute Gasteiger partial charge is 0.322 e. The number of carbonyl (C=O) groups is 1. The predicted octanol–water partition coefficient (Wildman–Crippen LogP) is 0.0434. The molecule has 0 unspecified atom stereocenters. The van der Waals surface area contributed by atoms with Crippen LogP contribution in [0.2, 0.25) is 0 Å². The van der Waals surface area contributed by atoms with Crippen molar-refractivity contribution in [1.29, 1.82) is 5.26 Å². The minimum atomic E-state index is -0.580. The molecule has 1 saturated heterocycles. The van der Waals surface area contributed by atoms with E-state index in [1.165, 1.54) is 16.9 Å². The van der Waals surface area contributed by atoms with Crippen molar-refractivity contribution in [3.05, 3.63) is 35.9 Å². The van der Waals surface area contributed by atoms with Gasteiger partial charge in [0.1, 0.15) is 38.3 Å². The lowest BCUT2D eigenvalue weighted by Gasteiger charge is -2.41. The Morgan fingerprint density at radius 1 is 1.15 bits per heavy atom. The first kappa shape index (κ1) is 19.9. The highest BCUT2D eigenvalue weighted by molar-refractivity contribution is 5.81. The molecule has 0 radical (unpaired) electrons. The average Bonchev–Trinajstić information content (AvgIpc) is 2.74. The normalized spacial score (nSPS) is 26.0. The van der Waals surface area contributed by atoms with E-state index in [0.717, 1.165) is 58.4 Å². The molecule has 27 heavy (non-hydrogen) atoms. The van der Waals surface area contributed by atoms with Crippen LogP contribution in [0.5, 0.6) is 0 Å². The van der Waals surface area contributed by atoms with E-state index in [1.807, 2.05) is 14.0 Å². The average molecular weight is 371 g/mol. The molecule has 1 aliphatic carbocycles. The Morgan fingerprint density at radius 2 is 1.78 bits per heavy atom. The molecule has 1 heterocycles. The molecule has 5 nitrogen and oxygen atoms in total. The van der Waals surface area contributed by atoms with Gasteiger partial charge in [-0.2, -0.15) is 5.26 Å². The highest BCUT2D eigenvalue weighted by Gasteiger charge is 2.42. The van der Waals surface area contributed by atoms with Gasteiger partial charge in [-0.05, 0) is 19.8 Å². The van der Waals surface area contributed by atoms with E-state index in [9.17, 15) is 10.1 Å². The van der Waals surface area contributed by atoms with Gasteiger partial charge in [0.25, 0.3) is 5.91 Å². The van der Waals surface area contributed by atoms with E-state index in [1.54, 1.807) is 9.80 Å². The van der Waals surface area contributed by atoms with Gasteiger partial charge in [0.15, 0.2) is 6.04 Å². The summed E-state index contributed by atoms with van der Waals surface area (Å²) in [5, 5.41) is 9.77. The molecule has 1 aliphatic heterocycles. The number of likely N-dealkylation sites (N-methyl/N-ethyl adjacent to an activating group) is 1. The first-order chi connectivity index (χ1) is 13.1. The summed E-state index contributed by atoms with van der Waals surface area (Å²) < 4.78 is 0. The Morgan fingerprint density at radius 3 is 2.37 bits per heavy atom. The number of piperazine rings is 1. The van der Waals surface area contributed by atoms with Crippen LogP contribution in [0.3, 0.4) is 0 Å². The molecule has 146 valence electrons. The lowest BCUT2D eigenvalue weighted by atomic mass is 9.81. The van der Waals surface area contributed by atoms with Gasteiger partial charge in [-0.25, -0.2) is 0 Å². The molecule has 0 bridgehead atoms.